The Kier molecular flexibility index (Phi) is 4.63. The van der Waals surface area contributed by atoms with E-state index in [1.165, 1.54) is 11.1 Å². The minimum absolute atomic E-state index is 0.101. The molecule has 2 heterocycles. The summed E-state index contributed by atoms with van der Waals surface area (Å²) >= 11 is 0. The lowest BCUT2D eigenvalue weighted by Gasteiger charge is -2.29. The molecule has 1 aliphatic heterocycles. The highest BCUT2D eigenvalue weighted by molar-refractivity contribution is 5.48. The summed E-state index contributed by atoms with van der Waals surface area (Å²) in [5, 5.41) is 15.5. The van der Waals surface area contributed by atoms with E-state index in [9.17, 15) is 10.1 Å². The smallest absolute Gasteiger partial charge is 0.312 e. The van der Waals surface area contributed by atoms with Crippen molar-refractivity contribution in [3.63, 3.8) is 0 Å². The van der Waals surface area contributed by atoms with Gasteiger partial charge in [0, 0.05) is 13.1 Å². The molecule has 0 saturated heterocycles. The predicted molar refractivity (Wildman–Crippen MR) is 92.0 cm³/mol. The number of aryl methyl sites for hydroxylation is 1. The largest absolute Gasteiger partial charge is 0.493 e. The van der Waals surface area contributed by atoms with E-state index in [2.05, 4.69) is 10.00 Å². The topological polar surface area (TPSA) is 82.7 Å². The van der Waals surface area contributed by atoms with Gasteiger partial charge in [-0.05, 0) is 43.5 Å². The highest BCUT2D eigenvalue weighted by Crippen LogP contribution is 2.33. The lowest BCUT2D eigenvalue weighted by Crippen LogP contribution is -2.33. The average molecular weight is 346 g/mol. The van der Waals surface area contributed by atoms with Crippen molar-refractivity contribution < 1.29 is 14.4 Å². The Bertz CT molecular complexity index is 815. The zero-order valence-corrected chi connectivity index (χ0v) is 14.9. The highest BCUT2D eigenvalue weighted by atomic mass is 16.6. The van der Waals surface area contributed by atoms with Crippen LogP contribution in [0.25, 0.3) is 0 Å². The monoisotopic (exact) mass is 346 g/mol. The molecule has 0 aliphatic carbocycles. The predicted octanol–water partition coefficient (Wildman–Crippen LogP) is 2.44. The SMILES string of the molecule is COc1cc2c(cc1OC)CN(Cn1nc(C)c([N+](=O)[O-])c1C)CC2. The Hall–Kier alpha value is -2.61. The van der Waals surface area contributed by atoms with Gasteiger partial charge >= 0.3 is 5.69 Å². The summed E-state index contributed by atoms with van der Waals surface area (Å²) in [6, 6.07) is 4.03. The second-order valence-electron chi connectivity index (χ2n) is 6.20. The number of fused-ring (bicyclic) bond motifs is 1. The molecule has 0 fully saturated rings. The van der Waals surface area contributed by atoms with Crippen molar-refractivity contribution in [3.05, 3.63) is 44.8 Å². The Morgan fingerprint density at radius 1 is 1.20 bits per heavy atom. The van der Waals surface area contributed by atoms with Crippen LogP contribution in [0.4, 0.5) is 5.69 Å². The molecule has 0 radical (unpaired) electrons. The first-order valence-electron chi connectivity index (χ1n) is 8.09. The fourth-order valence-electron chi connectivity index (χ4n) is 3.34. The van der Waals surface area contributed by atoms with Gasteiger partial charge in [0.1, 0.15) is 11.4 Å². The maximum atomic E-state index is 11.2. The molecular formula is C17H22N4O4. The van der Waals surface area contributed by atoms with Crippen molar-refractivity contribution in [2.45, 2.75) is 33.5 Å². The first kappa shape index (κ1) is 17.2. The van der Waals surface area contributed by atoms with Gasteiger partial charge in [-0.25, -0.2) is 4.68 Å². The number of hydrogen-bond donors (Lipinski definition) is 0. The fraction of sp³-hybridized carbons (Fsp3) is 0.471. The molecular weight excluding hydrogens is 324 g/mol. The fourth-order valence-corrected chi connectivity index (χ4v) is 3.34. The summed E-state index contributed by atoms with van der Waals surface area (Å²) in [6.45, 7) is 5.53. The summed E-state index contributed by atoms with van der Waals surface area (Å²) in [7, 11) is 3.26. The molecule has 134 valence electrons. The number of benzene rings is 1. The second kappa shape index (κ2) is 6.72. The zero-order chi connectivity index (χ0) is 18.1. The van der Waals surface area contributed by atoms with Crippen molar-refractivity contribution in [1.29, 1.82) is 0 Å². The highest BCUT2D eigenvalue weighted by Gasteiger charge is 2.24. The number of nitrogens with zero attached hydrogens (tertiary/aromatic N) is 4. The maximum Gasteiger partial charge on any atom is 0.312 e. The quantitative estimate of drug-likeness (QED) is 0.611. The van der Waals surface area contributed by atoms with Crippen molar-refractivity contribution >= 4 is 5.69 Å². The molecule has 2 aromatic rings. The molecule has 3 rings (SSSR count). The second-order valence-corrected chi connectivity index (χ2v) is 6.20. The minimum Gasteiger partial charge on any atom is -0.493 e. The van der Waals surface area contributed by atoms with Gasteiger partial charge in [-0.15, -0.1) is 0 Å². The number of hydrogen-bond acceptors (Lipinski definition) is 6. The first-order valence-corrected chi connectivity index (χ1v) is 8.09. The van der Waals surface area contributed by atoms with Gasteiger partial charge in [0.15, 0.2) is 11.5 Å². The van der Waals surface area contributed by atoms with Gasteiger partial charge in [-0.3, -0.25) is 15.0 Å². The summed E-state index contributed by atoms with van der Waals surface area (Å²) in [4.78, 5) is 13.0. The van der Waals surface area contributed by atoms with E-state index >= 15 is 0 Å². The number of ether oxygens (including phenoxy) is 2. The molecule has 0 bridgehead atoms. The van der Waals surface area contributed by atoms with Gasteiger partial charge in [0.2, 0.25) is 0 Å². The molecule has 1 aliphatic rings. The zero-order valence-electron chi connectivity index (χ0n) is 14.9. The van der Waals surface area contributed by atoms with Gasteiger partial charge in [-0.2, -0.15) is 5.10 Å². The Balaban J connectivity index is 1.82. The van der Waals surface area contributed by atoms with E-state index in [1.54, 1.807) is 32.7 Å². The maximum absolute atomic E-state index is 11.2. The summed E-state index contributed by atoms with van der Waals surface area (Å²) < 4.78 is 12.5. The van der Waals surface area contributed by atoms with Gasteiger partial charge < -0.3 is 9.47 Å². The van der Waals surface area contributed by atoms with Crippen LogP contribution in [0, 0.1) is 24.0 Å². The van der Waals surface area contributed by atoms with Gasteiger partial charge in [0.05, 0.1) is 25.8 Å². The van der Waals surface area contributed by atoms with Crippen molar-refractivity contribution in [2.24, 2.45) is 0 Å². The first-order chi connectivity index (χ1) is 11.9. The lowest BCUT2D eigenvalue weighted by molar-refractivity contribution is -0.386. The Morgan fingerprint density at radius 3 is 2.40 bits per heavy atom. The standard InChI is InChI=1S/C17H22N4O4/c1-11-17(21(22)23)12(2)20(18-11)10-19-6-5-13-7-15(24-3)16(25-4)8-14(13)9-19/h7-8H,5-6,9-10H2,1-4H3. The van der Waals surface area contributed by atoms with Gasteiger partial charge in [0.25, 0.3) is 0 Å². The summed E-state index contributed by atoms with van der Waals surface area (Å²) in [5.74, 6) is 1.45. The van der Waals surface area contributed by atoms with Crippen molar-refractivity contribution in [1.82, 2.24) is 14.7 Å². The van der Waals surface area contributed by atoms with Gasteiger partial charge in [-0.1, -0.05) is 0 Å². The van der Waals surface area contributed by atoms with Crippen LogP contribution in [-0.4, -0.2) is 40.4 Å². The third-order valence-corrected chi connectivity index (χ3v) is 4.66. The molecule has 0 unspecified atom stereocenters. The van der Waals surface area contributed by atoms with Crippen LogP contribution in [0.1, 0.15) is 22.5 Å². The van der Waals surface area contributed by atoms with Crippen LogP contribution in [0.2, 0.25) is 0 Å². The van der Waals surface area contributed by atoms with E-state index in [1.807, 2.05) is 12.1 Å². The third kappa shape index (κ3) is 3.17. The van der Waals surface area contributed by atoms with Crippen LogP contribution in [-0.2, 0) is 19.6 Å². The normalized spacial score (nSPS) is 14.2. The number of methoxy groups -OCH3 is 2. The van der Waals surface area contributed by atoms with Crippen LogP contribution >= 0.6 is 0 Å². The van der Waals surface area contributed by atoms with Crippen molar-refractivity contribution in [3.8, 4) is 11.5 Å². The number of aromatic nitrogens is 2. The molecule has 0 saturated carbocycles. The molecule has 0 N–H and O–H groups in total. The van der Waals surface area contributed by atoms with E-state index in [0.717, 1.165) is 25.3 Å². The molecule has 0 amide bonds. The molecule has 0 atom stereocenters. The third-order valence-electron chi connectivity index (χ3n) is 4.66. The molecule has 1 aromatic carbocycles. The van der Waals surface area contributed by atoms with E-state index in [0.29, 0.717) is 23.8 Å². The van der Waals surface area contributed by atoms with Crippen LogP contribution in [0.15, 0.2) is 12.1 Å². The van der Waals surface area contributed by atoms with E-state index in [4.69, 9.17) is 9.47 Å². The average Bonchev–Trinajstić information content (AvgIpc) is 2.87. The summed E-state index contributed by atoms with van der Waals surface area (Å²) in [5.41, 5.74) is 3.56. The molecule has 1 aromatic heterocycles. The minimum atomic E-state index is -0.364. The van der Waals surface area contributed by atoms with Crippen LogP contribution < -0.4 is 9.47 Å². The molecule has 25 heavy (non-hydrogen) atoms. The van der Waals surface area contributed by atoms with Crippen molar-refractivity contribution in [2.75, 3.05) is 20.8 Å². The summed E-state index contributed by atoms with van der Waals surface area (Å²) in [6.07, 6.45) is 0.886. The number of nitro groups is 1. The lowest BCUT2D eigenvalue weighted by atomic mass is 9.99. The Labute approximate surface area is 146 Å². The molecule has 8 nitrogen and oxygen atoms in total. The molecule has 0 spiro atoms. The van der Waals surface area contributed by atoms with Crippen LogP contribution in [0.3, 0.4) is 0 Å². The van der Waals surface area contributed by atoms with E-state index < -0.39 is 0 Å². The molecule has 8 heteroatoms. The Morgan fingerprint density at radius 2 is 1.84 bits per heavy atom. The number of rotatable bonds is 5. The van der Waals surface area contributed by atoms with E-state index in [-0.39, 0.29) is 10.6 Å². The van der Waals surface area contributed by atoms with Crippen LogP contribution in [0.5, 0.6) is 11.5 Å².